The summed E-state index contributed by atoms with van der Waals surface area (Å²) in [6.45, 7) is 4.94. The van der Waals surface area contributed by atoms with Gasteiger partial charge < -0.3 is 5.11 Å². The number of sulfonamides is 1. The Kier molecular flexibility index (Phi) is 4.72. The average Bonchev–Trinajstić information content (AvgIpc) is 2.89. The van der Waals surface area contributed by atoms with Crippen molar-refractivity contribution in [1.29, 1.82) is 0 Å². The summed E-state index contributed by atoms with van der Waals surface area (Å²) in [5.74, 6) is 0.0521. The molecule has 1 saturated heterocycles. The predicted octanol–water partition coefficient (Wildman–Crippen LogP) is 2.27. The van der Waals surface area contributed by atoms with Crippen molar-refractivity contribution in [3.8, 4) is 5.75 Å². The van der Waals surface area contributed by atoms with Gasteiger partial charge in [-0.15, -0.1) is 11.3 Å². The van der Waals surface area contributed by atoms with E-state index in [1.165, 1.54) is 15.9 Å². The maximum absolute atomic E-state index is 12.6. The van der Waals surface area contributed by atoms with Gasteiger partial charge in [0.1, 0.15) is 9.96 Å². The summed E-state index contributed by atoms with van der Waals surface area (Å²) in [7, 11) is -3.49. The lowest BCUT2D eigenvalue weighted by molar-refractivity contribution is 0.182. The van der Waals surface area contributed by atoms with Gasteiger partial charge in [0.15, 0.2) is 0 Å². The Labute approximate surface area is 140 Å². The number of thiophene rings is 1. The Hall–Kier alpha value is -1.41. The molecule has 1 aromatic carbocycles. The van der Waals surface area contributed by atoms with Crippen molar-refractivity contribution < 1.29 is 13.5 Å². The first-order valence-electron chi connectivity index (χ1n) is 7.52. The molecule has 0 amide bonds. The molecule has 0 spiro atoms. The number of nitrogens with zero attached hydrogens (tertiary/aromatic N) is 2. The highest BCUT2D eigenvalue weighted by Gasteiger charge is 2.30. The predicted molar refractivity (Wildman–Crippen MR) is 91.2 cm³/mol. The third kappa shape index (κ3) is 3.58. The first-order chi connectivity index (χ1) is 11.0. The SMILES string of the molecule is Cc1sc(S(=O)(=O)N2CCN(Cc3ccccc3)CC2)cc1O. The van der Waals surface area contributed by atoms with Crippen LogP contribution < -0.4 is 0 Å². The van der Waals surface area contributed by atoms with Crippen LogP contribution in [0.1, 0.15) is 10.4 Å². The van der Waals surface area contributed by atoms with Crippen LogP contribution in [0.15, 0.2) is 40.6 Å². The monoisotopic (exact) mass is 352 g/mol. The Balaban J connectivity index is 1.64. The summed E-state index contributed by atoms with van der Waals surface area (Å²) in [5, 5.41) is 9.63. The van der Waals surface area contributed by atoms with E-state index < -0.39 is 10.0 Å². The van der Waals surface area contributed by atoms with Gasteiger partial charge >= 0.3 is 0 Å². The van der Waals surface area contributed by atoms with Crippen molar-refractivity contribution in [3.63, 3.8) is 0 Å². The third-order valence-corrected chi connectivity index (χ3v) is 7.43. The minimum absolute atomic E-state index is 0.0521. The second-order valence-corrected chi connectivity index (χ2v) is 9.09. The van der Waals surface area contributed by atoms with E-state index in [0.717, 1.165) is 17.9 Å². The van der Waals surface area contributed by atoms with Gasteiger partial charge in [0.05, 0.1) is 0 Å². The smallest absolute Gasteiger partial charge is 0.252 e. The Bertz CT molecular complexity index is 744. The van der Waals surface area contributed by atoms with Crippen molar-refractivity contribution >= 4 is 21.4 Å². The molecule has 1 aliphatic heterocycles. The lowest BCUT2D eigenvalue weighted by atomic mass is 10.2. The van der Waals surface area contributed by atoms with Crippen molar-refractivity contribution in [2.45, 2.75) is 17.7 Å². The van der Waals surface area contributed by atoms with E-state index in [1.807, 2.05) is 18.2 Å². The van der Waals surface area contributed by atoms with Crippen molar-refractivity contribution in [2.75, 3.05) is 26.2 Å². The van der Waals surface area contributed by atoms with Gasteiger partial charge in [0, 0.05) is 43.7 Å². The molecule has 0 aliphatic carbocycles. The zero-order valence-corrected chi connectivity index (χ0v) is 14.6. The van der Waals surface area contributed by atoms with E-state index in [4.69, 9.17) is 0 Å². The van der Waals surface area contributed by atoms with Crippen LogP contribution in [-0.2, 0) is 16.6 Å². The molecule has 1 aromatic heterocycles. The molecule has 7 heteroatoms. The molecule has 0 saturated carbocycles. The summed E-state index contributed by atoms with van der Waals surface area (Å²) in [4.78, 5) is 2.89. The van der Waals surface area contributed by atoms with Crippen LogP contribution in [0.5, 0.6) is 5.75 Å². The summed E-state index contributed by atoms with van der Waals surface area (Å²) >= 11 is 1.13. The molecule has 3 rings (SSSR count). The summed E-state index contributed by atoms with van der Waals surface area (Å²) in [6, 6.07) is 11.5. The minimum atomic E-state index is -3.49. The molecule has 0 bridgehead atoms. The number of rotatable bonds is 4. The number of hydrogen-bond donors (Lipinski definition) is 1. The first kappa shape index (κ1) is 16.4. The van der Waals surface area contributed by atoms with Crippen molar-refractivity contribution in [1.82, 2.24) is 9.21 Å². The molecule has 1 fully saturated rings. The fraction of sp³-hybridized carbons (Fsp3) is 0.375. The van der Waals surface area contributed by atoms with Crippen LogP contribution in [0.2, 0.25) is 0 Å². The largest absolute Gasteiger partial charge is 0.507 e. The van der Waals surface area contributed by atoms with Gasteiger partial charge in [-0.05, 0) is 12.5 Å². The topological polar surface area (TPSA) is 60.9 Å². The second-order valence-electron chi connectivity index (χ2n) is 5.67. The Morgan fingerprint density at radius 3 is 2.35 bits per heavy atom. The number of piperazine rings is 1. The molecule has 0 radical (unpaired) electrons. The second kappa shape index (κ2) is 6.60. The van der Waals surface area contributed by atoms with Crippen LogP contribution in [0.3, 0.4) is 0 Å². The number of aryl methyl sites for hydroxylation is 1. The van der Waals surface area contributed by atoms with E-state index in [9.17, 15) is 13.5 Å². The third-order valence-electron chi connectivity index (χ3n) is 4.04. The normalized spacial score (nSPS) is 17.4. The molecule has 0 atom stereocenters. The maximum Gasteiger partial charge on any atom is 0.252 e. The van der Waals surface area contributed by atoms with Gasteiger partial charge in [-0.3, -0.25) is 4.90 Å². The molecule has 1 aliphatic rings. The van der Waals surface area contributed by atoms with Crippen molar-refractivity contribution in [3.05, 3.63) is 46.8 Å². The standard InChI is InChI=1S/C16H20N2O3S2/c1-13-15(19)11-16(22-13)23(20,21)18-9-7-17(8-10-18)12-14-5-3-2-4-6-14/h2-6,11,19H,7-10,12H2,1H3. The zero-order valence-electron chi connectivity index (χ0n) is 13.0. The highest BCUT2D eigenvalue weighted by Crippen LogP contribution is 2.32. The summed E-state index contributed by atoms with van der Waals surface area (Å²) in [6.07, 6.45) is 0. The van der Waals surface area contributed by atoms with Crippen LogP contribution in [0.4, 0.5) is 0 Å². The van der Waals surface area contributed by atoms with E-state index in [1.54, 1.807) is 6.92 Å². The Morgan fingerprint density at radius 2 is 1.78 bits per heavy atom. The van der Waals surface area contributed by atoms with Gasteiger partial charge in [0.25, 0.3) is 10.0 Å². The molecule has 2 heterocycles. The molecule has 0 unspecified atom stereocenters. The molecular formula is C16H20N2O3S2. The highest BCUT2D eigenvalue weighted by molar-refractivity contribution is 7.91. The van der Waals surface area contributed by atoms with Gasteiger partial charge in [0.2, 0.25) is 0 Å². The average molecular weight is 352 g/mol. The number of benzene rings is 1. The molecular weight excluding hydrogens is 332 g/mol. The molecule has 5 nitrogen and oxygen atoms in total. The van der Waals surface area contributed by atoms with Crippen LogP contribution in [0, 0.1) is 6.92 Å². The zero-order chi connectivity index (χ0) is 16.4. The van der Waals surface area contributed by atoms with Gasteiger partial charge in [-0.1, -0.05) is 30.3 Å². The lowest BCUT2D eigenvalue weighted by Gasteiger charge is -2.33. The molecule has 124 valence electrons. The fourth-order valence-corrected chi connectivity index (χ4v) is 5.58. The fourth-order valence-electron chi connectivity index (χ4n) is 2.67. The maximum atomic E-state index is 12.6. The lowest BCUT2D eigenvalue weighted by Crippen LogP contribution is -2.48. The van der Waals surface area contributed by atoms with E-state index in [2.05, 4.69) is 17.0 Å². The van der Waals surface area contributed by atoms with Crippen LogP contribution in [-0.4, -0.2) is 48.9 Å². The minimum Gasteiger partial charge on any atom is -0.507 e. The molecule has 23 heavy (non-hydrogen) atoms. The number of hydrogen-bond acceptors (Lipinski definition) is 5. The van der Waals surface area contributed by atoms with E-state index >= 15 is 0 Å². The van der Waals surface area contributed by atoms with Crippen molar-refractivity contribution in [2.24, 2.45) is 0 Å². The van der Waals surface area contributed by atoms with Gasteiger partial charge in [-0.25, -0.2) is 8.42 Å². The highest BCUT2D eigenvalue weighted by atomic mass is 32.2. The quantitative estimate of drug-likeness (QED) is 0.917. The van der Waals surface area contributed by atoms with Gasteiger partial charge in [-0.2, -0.15) is 4.31 Å². The molecule has 2 aromatic rings. The van der Waals surface area contributed by atoms with Crippen LogP contribution >= 0.6 is 11.3 Å². The first-order valence-corrected chi connectivity index (χ1v) is 9.78. The van der Waals surface area contributed by atoms with Crippen LogP contribution in [0.25, 0.3) is 0 Å². The Morgan fingerprint density at radius 1 is 1.13 bits per heavy atom. The summed E-state index contributed by atoms with van der Waals surface area (Å²) in [5.41, 5.74) is 1.24. The van der Waals surface area contributed by atoms with E-state index in [0.29, 0.717) is 31.1 Å². The summed E-state index contributed by atoms with van der Waals surface area (Å²) < 4.78 is 27.0. The number of aromatic hydroxyl groups is 1. The molecule has 1 N–H and O–H groups in total. The van der Waals surface area contributed by atoms with E-state index in [-0.39, 0.29) is 9.96 Å².